The third-order valence-electron chi connectivity index (χ3n) is 4.28. The number of nitrogens with one attached hydrogen (secondary N) is 1. The Bertz CT molecular complexity index is 992. The molecule has 1 aliphatic rings. The lowest BCUT2D eigenvalue weighted by atomic mass is 10.1. The number of carbonyl (C=O) groups excluding carboxylic acids is 2. The summed E-state index contributed by atoms with van der Waals surface area (Å²) in [5, 5.41) is 5.19. The summed E-state index contributed by atoms with van der Waals surface area (Å²) < 4.78 is 0.894. The maximum absolute atomic E-state index is 12.6. The van der Waals surface area contributed by atoms with E-state index in [4.69, 9.17) is 0 Å². The summed E-state index contributed by atoms with van der Waals surface area (Å²) in [5.74, 6) is -0.650. The third-order valence-corrected chi connectivity index (χ3v) is 5.53. The van der Waals surface area contributed by atoms with E-state index in [1.807, 2.05) is 47.8 Å². The summed E-state index contributed by atoms with van der Waals surface area (Å²) in [4.78, 5) is 35.3. The molecular weight excluding hydrogens is 428 g/mol. The Morgan fingerprint density at radius 2 is 2.11 bits per heavy atom. The first kappa shape index (κ1) is 17.8. The average Bonchev–Trinajstić information content (AvgIpc) is 3.29. The molecule has 1 unspecified atom stereocenters. The molecule has 0 spiro atoms. The van der Waals surface area contributed by atoms with E-state index in [0.29, 0.717) is 17.4 Å². The number of hydrogen-bond acceptors (Lipinski definition) is 5. The van der Waals surface area contributed by atoms with Crippen LogP contribution in [0.4, 0.5) is 10.8 Å². The van der Waals surface area contributed by atoms with Gasteiger partial charge in [0.1, 0.15) is 5.69 Å². The first-order valence-corrected chi connectivity index (χ1v) is 10.0. The number of anilines is 2. The molecule has 2 amide bonds. The van der Waals surface area contributed by atoms with Crippen molar-refractivity contribution in [2.75, 3.05) is 16.8 Å². The first-order chi connectivity index (χ1) is 13.1. The number of carbonyl (C=O) groups is 2. The fourth-order valence-corrected chi connectivity index (χ4v) is 4.04. The molecule has 1 saturated heterocycles. The number of thiazole rings is 1. The smallest absolute Gasteiger partial charge is 0.231 e. The van der Waals surface area contributed by atoms with Crippen LogP contribution in [-0.4, -0.2) is 28.3 Å². The zero-order valence-corrected chi connectivity index (χ0v) is 16.5. The van der Waals surface area contributed by atoms with Crippen LogP contribution in [0.25, 0.3) is 11.4 Å². The zero-order valence-electron chi connectivity index (χ0n) is 14.1. The zero-order chi connectivity index (χ0) is 18.8. The Hall–Kier alpha value is -2.58. The molecule has 1 fully saturated rings. The Labute approximate surface area is 168 Å². The van der Waals surface area contributed by atoms with Gasteiger partial charge in [-0.05, 0) is 30.3 Å². The Morgan fingerprint density at radius 1 is 1.22 bits per heavy atom. The minimum absolute atomic E-state index is 0.0541. The van der Waals surface area contributed by atoms with Gasteiger partial charge >= 0.3 is 0 Å². The van der Waals surface area contributed by atoms with Gasteiger partial charge in [0.2, 0.25) is 11.8 Å². The summed E-state index contributed by atoms with van der Waals surface area (Å²) in [5.41, 5.74) is 2.26. The van der Waals surface area contributed by atoms with Crippen molar-refractivity contribution in [3.63, 3.8) is 0 Å². The van der Waals surface area contributed by atoms with E-state index >= 15 is 0 Å². The molecule has 2 aromatic heterocycles. The van der Waals surface area contributed by atoms with Gasteiger partial charge in [-0.15, -0.1) is 11.3 Å². The molecule has 3 heterocycles. The quantitative estimate of drug-likeness (QED) is 0.663. The second-order valence-corrected chi connectivity index (χ2v) is 7.90. The van der Waals surface area contributed by atoms with E-state index in [0.717, 1.165) is 15.9 Å². The van der Waals surface area contributed by atoms with Crippen molar-refractivity contribution in [1.82, 2.24) is 9.97 Å². The van der Waals surface area contributed by atoms with E-state index in [1.54, 1.807) is 11.1 Å². The van der Waals surface area contributed by atoms with E-state index in [9.17, 15) is 9.59 Å². The van der Waals surface area contributed by atoms with Crippen molar-refractivity contribution in [2.24, 2.45) is 5.92 Å². The molecule has 1 aliphatic heterocycles. The van der Waals surface area contributed by atoms with Crippen molar-refractivity contribution >= 4 is 49.9 Å². The van der Waals surface area contributed by atoms with E-state index < -0.39 is 5.92 Å². The maximum Gasteiger partial charge on any atom is 0.231 e. The van der Waals surface area contributed by atoms with Crippen molar-refractivity contribution in [3.05, 3.63) is 58.5 Å². The van der Waals surface area contributed by atoms with Crippen molar-refractivity contribution < 1.29 is 9.59 Å². The number of hydrogen-bond donors (Lipinski definition) is 1. The Kier molecular flexibility index (Phi) is 5.00. The van der Waals surface area contributed by atoms with Crippen LogP contribution >= 0.6 is 27.3 Å². The molecule has 3 aromatic rings. The highest BCUT2D eigenvalue weighted by Crippen LogP contribution is 2.29. The highest BCUT2D eigenvalue weighted by molar-refractivity contribution is 9.10. The van der Waals surface area contributed by atoms with Crippen LogP contribution in [0.3, 0.4) is 0 Å². The largest absolute Gasteiger partial charge is 0.312 e. The number of benzene rings is 1. The maximum atomic E-state index is 12.6. The van der Waals surface area contributed by atoms with E-state index in [-0.39, 0.29) is 18.2 Å². The fraction of sp³-hybridized carbons (Fsp3) is 0.158. The van der Waals surface area contributed by atoms with Crippen LogP contribution in [0, 0.1) is 5.92 Å². The molecule has 1 aromatic carbocycles. The topological polar surface area (TPSA) is 75.2 Å². The van der Waals surface area contributed by atoms with Gasteiger partial charge in [-0.25, -0.2) is 4.98 Å². The summed E-state index contributed by atoms with van der Waals surface area (Å²) in [6, 6.07) is 13.1. The highest BCUT2D eigenvalue weighted by atomic mass is 79.9. The second-order valence-electron chi connectivity index (χ2n) is 6.13. The van der Waals surface area contributed by atoms with Gasteiger partial charge in [0.25, 0.3) is 0 Å². The third kappa shape index (κ3) is 3.91. The average molecular weight is 443 g/mol. The number of pyridine rings is 1. The normalized spacial score (nSPS) is 16.6. The molecule has 4 rings (SSSR count). The summed E-state index contributed by atoms with van der Waals surface area (Å²) in [7, 11) is 0. The molecule has 136 valence electrons. The summed E-state index contributed by atoms with van der Waals surface area (Å²) >= 11 is 4.75. The molecule has 0 radical (unpaired) electrons. The number of amides is 2. The van der Waals surface area contributed by atoms with Gasteiger partial charge in [0, 0.05) is 34.7 Å². The molecular formula is C19H15BrN4O2S. The second kappa shape index (κ2) is 7.58. The SMILES string of the molecule is O=C(Nc1nc(-c2ccccn2)cs1)C1CC(=O)N(c2cccc(Br)c2)C1. The van der Waals surface area contributed by atoms with Crippen molar-refractivity contribution in [2.45, 2.75) is 6.42 Å². The number of rotatable bonds is 4. The summed E-state index contributed by atoms with van der Waals surface area (Å²) in [6.45, 7) is 0.361. The summed E-state index contributed by atoms with van der Waals surface area (Å²) in [6.07, 6.45) is 1.89. The number of nitrogens with zero attached hydrogens (tertiary/aromatic N) is 3. The Morgan fingerprint density at radius 3 is 2.89 bits per heavy atom. The molecule has 0 aliphatic carbocycles. The van der Waals surface area contributed by atoms with Crippen LogP contribution in [-0.2, 0) is 9.59 Å². The van der Waals surface area contributed by atoms with Crippen LogP contribution in [0.5, 0.6) is 0 Å². The molecule has 1 N–H and O–H groups in total. The molecule has 8 heteroatoms. The number of aromatic nitrogens is 2. The van der Waals surface area contributed by atoms with Gasteiger partial charge in [0.05, 0.1) is 11.6 Å². The minimum atomic E-state index is -0.404. The van der Waals surface area contributed by atoms with Crippen LogP contribution in [0.15, 0.2) is 58.5 Å². The fourth-order valence-electron chi connectivity index (χ4n) is 2.95. The van der Waals surface area contributed by atoms with Crippen LogP contribution < -0.4 is 10.2 Å². The van der Waals surface area contributed by atoms with Crippen LogP contribution in [0.2, 0.25) is 0 Å². The predicted octanol–water partition coefficient (Wildman–Crippen LogP) is 3.96. The van der Waals surface area contributed by atoms with Gasteiger partial charge in [-0.2, -0.15) is 0 Å². The van der Waals surface area contributed by atoms with Gasteiger partial charge in [0.15, 0.2) is 5.13 Å². The number of halogens is 1. The molecule has 6 nitrogen and oxygen atoms in total. The molecule has 0 saturated carbocycles. The van der Waals surface area contributed by atoms with Crippen LogP contribution in [0.1, 0.15) is 6.42 Å². The predicted molar refractivity (Wildman–Crippen MR) is 109 cm³/mol. The van der Waals surface area contributed by atoms with Gasteiger partial charge < -0.3 is 10.2 Å². The lowest BCUT2D eigenvalue weighted by Crippen LogP contribution is -2.28. The molecule has 1 atom stereocenters. The molecule has 27 heavy (non-hydrogen) atoms. The van der Waals surface area contributed by atoms with E-state index in [2.05, 4.69) is 31.2 Å². The standard InChI is InChI=1S/C19H15BrN4O2S/c20-13-4-3-5-14(9-13)24-10-12(8-17(24)25)18(26)23-19-22-16(11-27-19)15-6-1-2-7-21-15/h1-7,9,11-12H,8,10H2,(H,22,23,26). The lowest BCUT2D eigenvalue weighted by molar-refractivity contribution is -0.122. The highest BCUT2D eigenvalue weighted by Gasteiger charge is 2.35. The van der Waals surface area contributed by atoms with Crippen molar-refractivity contribution in [3.8, 4) is 11.4 Å². The van der Waals surface area contributed by atoms with Crippen molar-refractivity contribution in [1.29, 1.82) is 0 Å². The minimum Gasteiger partial charge on any atom is -0.312 e. The van der Waals surface area contributed by atoms with E-state index in [1.165, 1.54) is 11.3 Å². The lowest BCUT2D eigenvalue weighted by Gasteiger charge is -2.16. The van der Waals surface area contributed by atoms with Gasteiger partial charge in [-0.1, -0.05) is 28.1 Å². The Balaban J connectivity index is 1.44. The monoisotopic (exact) mass is 442 g/mol. The molecule has 0 bridgehead atoms. The first-order valence-electron chi connectivity index (χ1n) is 8.34. The van der Waals surface area contributed by atoms with Gasteiger partial charge in [-0.3, -0.25) is 14.6 Å².